The zero-order valence-corrected chi connectivity index (χ0v) is 12.0. The molecular weight excluding hydrogens is 309 g/mol. The van der Waals surface area contributed by atoms with Crippen LogP contribution >= 0.6 is 11.6 Å². The summed E-state index contributed by atoms with van der Waals surface area (Å²) in [5.41, 5.74) is -1.04. The topological polar surface area (TPSA) is 44.1 Å². The van der Waals surface area contributed by atoms with E-state index in [4.69, 9.17) is 16.3 Å². The van der Waals surface area contributed by atoms with Crippen molar-refractivity contribution < 1.29 is 17.9 Å². The minimum atomic E-state index is -4.53. The Morgan fingerprint density at radius 1 is 1.38 bits per heavy atom. The van der Waals surface area contributed by atoms with Gasteiger partial charge in [0.05, 0.1) is 18.9 Å². The van der Waals surface area contributed by atoms with E-state index >= 15 is 0 Å². The van der Waals surface area contributed by atoms with Gasteiger partial charge in [-0.1, -0.05) is 11.6 Å². The van der Waals surface area contributed by atoms with Gasteiger partial charge in [-0.25, -0.2) is 4.98 Å². The molecule has 0 saturated heterocycles. The van der Waals surface area contributed by atoms with Crippen molar-refractivity contribution in [2.45, 2.75) is 19.0 Å². The molecule has 0 radical (unpaired) electrons. The van der Waals surface area contributed by atoms with Gasteiger partial charge >= 0.3 is 6.18 Å². The first-order valence-electron chi connectivity index (χ1n) is 6.02. The Morgan fingerprint density at radius 3 is 2.62 bits per heavy atom. The number of aromatic nitrogens is 2. The number of alkyl halides is 3. The number of hydrogen-bond donors (Lipinski definition) is 0. The van der Waals surface area contributed by atoms with Crippen LogP contribution in [0.3, 0.4) is 0 Å². The lowest BCUT2D eigenvalue weighted by atomic mass is 9.98. The molecule has 0 bridgehead atoms. The zero-order chi connectivity index (χ0) is 15.8. The van der Waals surface area contributed by atoms with Gasteiger partial charge in [-0.15, -0.1) is 0 Å². The summed E-state index contributed by atoms with van der Waals surface area (Å²) in [7, 11) is 2.75. The molecule has 0 atom stereocenters. The third kappa shape index (κ3) is 2.97. The second-order valence-corrected chi connectivity index (χ2v) is 4.96. The van der Waals surface area contributed by atoms with Gasteiger partial charge in [0.2, 0.25) is 5.75 Å². The van der Waals surface area contributed by atoms with Gasteiger partial charge < -0.3 is 4.74 Å². The van der Waals surface area contributed by atoms with E-state index in [-0.39, 0.29) is 29.4 Å². The number of nitrogens with zero attached hydrogens (tertiary/aromatic N) is 2. The van der Waals surface area contributed by atoms with E-state index in [0.717, 1.165) is 10.6 Å². The van der Waals surface area contributed by atoms with Crippen LogP contribution in [0.4, 0.5) is 13.2 Å². The van der Waals surface area contributed by atoms with E-state index in [1.807, 2.05) is 0 Å². The molecular formula is C13H12ClF3N2O2. The summed E-state index contributed by atoms with van der Waals surface area (Å²) in [6.07, 6.45) is -2.05. The lowest BCUT2D eigenvalue weighted by molar-refractivity contribution is -0.0888. The largest absolute Gasteiger partial charge is 0.490 e. The average molecular weight is 321 g/mol. The normalized spacial score (nSPS) is 16.0. The van der Waals surface area contributed by atoms with Crippen molar-refractivity contribution in [1.29, 1.82) is 0 Å². The Hall–Kier alpha value is -1.76. The van der Waals surface area contributed by atoms with Crippen molar-refractivity contribution in [2.75, 3.05) is 7.11 Å². The molecule has 1 aliphatic carbocycles. The fraction of sp³-hybridized carbons (Fsp3) is 0.385. The number of rotatable bonds is 2. The van der Waals surface area contributed by atoms with Gasteiger partial charge in [0, 0.05) is 12.1 Å². The van der Waals surface area contributed by atoms with E-state index in [2.05, 4.69) is 4.98 Å². The number of allylic oxidation sites excluding steroid dienone is 4. The molecule has 0 unspecified atom stereocenters. The first-order valence-corrected chi connectivity index (χ1v) is 6.40. The van der Waals surface area contributed by atoms with Gasteiger partial charge in [-0.2, -0.15) is 13.2 Å². The van der Waals surface area contributed by atoms with E-state index < -0.39 is 17.3 Å². The monoisotopic (exact) mass is 320 g/mol. The van der Waals surface area contributed by atoms with E-state index in [9.17, 15) is 18.0 Å². The van der Waals surface area contributed by atoms with E-state index in [1.54, 1.807) is 0 Å². The Labute approximate surface area is 123 Å². The molecule has 1 aliphatic rings. The summed E-state index contributed by atoms with van der Waals surface area (Å²) < 4.78 is 44.6. The van der Waals surface area contributed by atoms with Crippen LogP contribution in [-0.4, -0.2) is 22.8 Å². The molecule has 0 N–H and O–H groups in total. The minimum Gasteiger partial charge on any atom is -0.490 e. The third-order valence-electron chi connectivity index (χ3n) is 3.17. The highest BCUT2D eigenvalue weighted by Crippen LogP contribution is 2.39. The summed E-state index contributed by atoms with van der Waals surface area (Å²) in [6, 6.07) is 0. The van der Waals surface area contributed by atoms with Gasteiger partial charge in [0.25, 0.3) is 5.56 Å². The molecule has 4 nitrogen and oxygen atoms in total. The Bertz CT molecular complexity index is 690. The number of halogens is 4. The number of hydrogen-bond acceptors (Lipinski definition) is 3. The maximum absolute atomic E-state index is 12.9. The molecule has 1 heterocycles. The fourth-order valence-corrected chi connectivity index (χ4v) is 2.33. The van der Waals surface area contributed by atoms with Crippen molar-refractivity contribution in [2.24, 2.45) is 7.05 Å². The molecule has 0 spiro atoms. The van der Waals surface area contributed by atoms with E-state index in [0.29, 0.717) is 5.57 Å². The number of methoxy groups -OCH3 is 1. The Kier molecular flexibility index (Phi) is 4.13. The number of ether oxygens (including phenoxy) is 1. The van der Waals surface area contributed by atoms with Crippen molar-refractivity contribution in [3.05, 3.63) is 39.1 Å². The molecule has 21 heavy (non-hydrogen) atoms. The summed E-state index contributed by atoms with van der Waals surface area (Å²) in [6.45, 7) is 0. The SMILES string of the molecule is COc1cnc(C2=CC(C(F)(F)F)=C(Cl)CC2)n(C)c1=O. The quantitative estimate of drug-likeness (QED) is 0.841. The summed E-state index contributed by atoms with van der Waals surface area (Å²) in [4.78, 5) is 15.9. The van der Waals surface area contributed by atoms with Gasteiger partial charge in [-0.05, 0) is 24.5 Å². The minimum absolute atomic E-state index is 0.0299. The molecule has 114 valence electrons. The first-order chi connectivity index (χ1) is 9.75. The predicted octanol–water partition coefficient (Wildman–Crippen LogP) is 3.02. The maximum Gasteiger partial charge on any atom is 0.417 e. The summed E-state index contributed by atoms with van der Waals surface area (Å²) in [5.74, 6) is 0.203. The van der Waals surface area contributed by atoms with Gasteiger partial charge in [-0.3, -0.25) is 9.36 Å². The average Bonchev–Trinajstić information content (AvgIpc) is 2.41. The van der Waals surface area contributed by atoms with Gasteiger partial charge in [0.1, 0.15) is 5.82 Å². The van der Waals surface area contributed by atoms with Crippen LogP contribution in [0.25, 0.3) is 5.57 Å². The third-order valence-corrected chi connectivity index (χ3v) is 3.57. The highest BCUT2D eigenvalue weighted by atomic mass is 35.5. The second kappa shape index (κ2) is 5.55. The first kappa shape index (κ1) is 15.6. The maximum atomic E-state index is 12.9. The lowest BCUT2D eigenvalue weighted by Gasteiger charge is -2.19. The lowest BCUT2D eigenvalue weighted by Crippen LogP contribution is -2.23. The smallest absolute Gasteiger partial charge is 0.417 e. The highest BCUT2D eigenvalue weighted by molar-refractivity contribution is 6.30. The van der Waals surface area contributed by atoms with Crippen molar-refractivity contribution >= 4 is 17.2 Å². The summed E-state index contributed by atoms with van der Waals surface area (Å²) >= 11 is 5.64. The van der Waals surface area contributed by atoms with Crippen LogP contribution in [0.1, 0.15) is 18.7 Å². The van der Waals surface area contributed by atoms with E-state index in [1.165, 1.54) is 20.4 Å². The standard InChI is InChI=1S/C13H12ClF3N2O2/c1-19-11(18-6-10(21-2)12(19)20)7-3-4-9(14)8(5-7)13(15,16)17/h5-6H,3-4H2,1-2H3. The van der Waals surface area contributed by atoms with Crippen molar-refractivity contribution in [1.82, 2.24) is 9.55 Å². The Morgan fingerprint density at radius 2 is 2.05 bits per heavy atom. The molecule has 0 fully saturated rings. The molecule has 0 aliphatic heterocycles. The van der Waals surface area contributed by atoms with Crippen molar-refractivity contribution in [3.8, 4) is 5.75 Å². The highest BCUT2D eigenvalue weighted by Gasteiger charge is 2.36. The Balaban J connectivity index is 2.54. The fourth-order valence-electron chi connectivity index (χ4n) is 2.08. The zero-order valence-electron chi connectivity index (χ0n) is 11.3. The second-order valence-electron chi connectivity index (χ2n) is 4.50. The molecule has 0 saturated carbocycles. The molecule has 8 heteroatoms. The molecule has 1 aromatic heterocycles. The van der Waals surface area contributed by atoms with Crippen molar-refractivity contribution in [3.63, 3.8) is 0 Å². The molecule has 1 aromatic rings. The predicted molar refractivity (Wildman–Crippen MR) is 72.2 cm³/mol. The van der Waals surface area contributed by atoms with Crippen LogP contribution < -0.4 is 10.3 Å². The van der Waals surface area contributed by atoms with Crippen LogP contribution in [0.5, 0.6) is 5.75 Å². The molecule has 0 aromatic carbocycles. The molecule has 2 rings (SSSR count). The van der Waals surface area contributed by atoms with Gasteiger partial charge in [0.15, 0.2) is 0 Å². The molecule has 0 amide bonds. The van der Waals surface area contributed by atoms with Crippen LogP contribution in [0.15, 0.2) is 27.7 Å². The van der Waals surface area contributed by atoms with Crippen LogP contribution in [0, 0.1) is 0 Å². The van der Waals surface area contributed by atoms with Crippen LogP contribution in [-0.2, 0) is 7.05 Å². The van der Waals surface area contributed by atoms with Crippen LogP contribution in [0.2, 0.25) is 0 Å². The summed E-state index contributed by atoms with van der Waals surface area (Å²) in [5, 5.41) is -0.232.